The fourth-order valence-electron chi connectivity index (χ4n) is 1.95. The lowest BCUT2D eigenvalue weighted by Crippen LogP contribution is -2.10. The van der Waals surface area contributed by atoms with Crippen molar-refractivity contribution in [3.63, 3.8) is 0 Å². The van der Waals surface area contributed by atoms with Crippen LogP contribution in [0.5, 0.6) is 0 Å². The van der Waals surface area contributed by atoms with Gasteiger partial charge in [-0.25, -0.2) is 8.42 Å². The third-order valence-electron chi connectivity index (χ3n) is 2.96. The van der Waals surface area contributed by atoms with Crippen molar-refractivity contribution < 1.29 is 21.6 Å². The molecule has 116 valence electrons. The van der Waals surface area contributed by atoms with Gasteiger partial charge in [0.15, 0.2) is 10.7 Å². The number of sulfone groups is 1. The highest BCUT2D eigenvalue weighted by Crippen LogP contribution is 2.35. The Morgan fingerprint density at radius 1 is 1.23 bits per heavy atom. The van der Waals surface area contributed by atoms with Gasteiger partial charge >= 0.3 is 6.18 Å². The molecule has 22 heavy (non-hydrogen) atoms. The maximum absolute atomic E-state index is 12.9. The van der Waals surface area contributed by atoms with E-state index in [-0.39, 0.29) is 4.90 Å². The van der Waals surface area contributed by atoms with Crippen LogP contribution in [0.2, 0.25) is 0 Å². The molecule has 1 aromatic heterocycles. The summed E-state index contributed by atoms with van der Waals surface area (Å²) < 4.78 is 64.1. The lowest BCUT2D eigenvalue weighted by atomic mass is 10.2. The third-order valence-corrected chi connectivity index (χ3v) is 4.83. The van der Waals surface area contributed by atoms with E-state index in [4.69, 9.17) is 5.26 Å². The Balaban J connectivity index is 2.75. The van der Waals surface area contributed by atoms with E-state index >= 15 is 0 Å². The van der Waals surface area contributed by atoms with Crippen molar-refractivity contribution in [3.05, 3.63) is 41.1 Å². The number of hydrogen-bond acceptors (Lipinski definition) is 4. The fraction of sp³-hybridized carbons (Fsp3) is 0.231. The minimum atomic E-state index is -4.91. The van der Waals surface area contributed by atoms with Crippen molar-refractivity contribution in [2.24, 2.45) is 7.05 Å². The summed E-state index contributed by atoms with van der Waals surface area (Å²) in [6, 6.07) is 6.86. The molecule has 0 saturated heterocycles. The number of rotatable bonds is 2. The molecule has 2 aromatic rings. The molecule has 0 unspecified atom stereocenters. The number of nitriles is 1. The van der Waals surface area contributed by atoms with Crippen LogP contribution in [0.3, 0.4) is 0 Å². The van der Waals surface area contributed by atoms with Crippen LogP contribution in [0.4, 0.5) is 13.2 Å². The quantitative estimate of drug-likeness (QED) is 0.848. The monoisotopic (exact) mass is 329 g/mol. The Hall–Kier alpha value is -2.34. The normalized spacial score (nSPS) is 12.2. The Morgan fingerprint density at radius 2 is 1.77 bits per heavy atom. The van der Waals surface area contributed by atoms with Gasteiger partial charge in [-0.3, -0.25) is 4.68 Å². The number of halogens is 3. The van der Waals surface area contributed by atoms with E-state index in [1.54, 1.807) is 6.92 Å². The Kier molecular flexibility index (Phi) is 3.74. The highest BCUT2D eigenvalue weighted by Gasteiger charge is 2.42. The molecule has 0 bridgehead atoms. The van der Waals surface area contributed by atoms with Gasteiger partial charge in [0, 0.05) is 7.05 Å². The summed E-state index contributed by atoms with van der Waals surface area (Å²) in [5.41, 5.74) is -1.72. The molecule has 1 heterocycles. The summed E-state index contributed by atoms with van der Waals surface area (Å²) in [5.74, 6) is 0. The molecule has 0 radical (unpaired) electrons. The van der Waals surface area contributed by atoms with Gasteiger partial charge in [0.05, 0.1) is 4.90 Å². The number of alkyl halides is 3. The number of benzene rings is 1. The molecule has 0 N–H and O–H groups in total. The number of nitrogens with zero attached hydrogens (tertiary/aromatic N) is 3. The van der Waals surface area contributed by atoms with Gasteiger partial charge in [0.25, 0.3) is 0 Å². The topological polar surface area (TPSA) is 75.8 Å². The summed E-state index contributed by atoms with van der Waals surface area (Å²) in [6.45, 7) is 1.74. The molecular formula is C13H10F3N3O2S. The average molecular weight is 329 g/mol. The molecule has 0 atom stereocenters. The van der Waals surface area contributed by atoms with Crippen LogP contribution in [-0.4, -0.2) is 18.2 Å². The first-order valence-electron chi connectivity index (χ1n) is 5.95. The van der Waals surface area contributed by atoms with Crippen molar-refractivity contribution in [2.75, 3.05) is 0 Å². The Bertz CT molecular complexity index is 860. The second-order valence-corrected chi connectivity index (χ2v) is 6.44. The maximum Gasteiger partial charge on any atom is 0.436 e. The first kappa shape index (κ1) is 16.0. The van der Waals surface area contributed by atoms with Gasteiger partial charge < -0.3 is 0 Å². The molecule has 9 heteroatoms. The lowest BCUT2D eigenvalue weighted by molar-refractivity contribution is -0.141. The van der Waals surface area contributed by atoms with E-state index in [1.165, 1.54) is 30.3 Å². The zero-order chi connectivity index (χ0) is 16.7. The van der Waals surface area contributed by atoms with Crippen LogP contribution in [-0.2, 0) is 23.1 Å². The van der Waals surface area contributed by atoms with E-state index in [2.05, 4.69) is 5.10 Å². The van der Waals surface area contributed by atoms with E-state index in [0.29, 0.717) is 4.68 Å². The van der Waals surface area contributed by atoms with Gasteiger partial charge in [-0.05, 0) is 19.1 Å². The summed E-state index contributed by atoms with van der Waals surface area (Å²) >= 11 is 0. The summed E-state index contributed by atoms with van der Waals surface area (Å²) in [5, 5.41) is 11.3. The number of aromatic nitrogens is 2. The zero-order valence-electron chi connectivity index (χ0n) is 11.5. The van der Waals surface area contributed by atoms with E-state index in [0.717, 1.165) is 12.6 Å². The molecule has 0 aliphatic rings. The Morgan fingerprint density at radius 3 is 2.23 bits per heavy atom. The average Bonchev–Trinajstić information content (AvgIpc) is 2.76. The second kappa shape index (κ2) is 5.14. The predicted octanol–water partition coefficient (Wildman–Crippen LogP) is 2.45. The third kappa shape index (κ3) is 2.57. The van der Waals surface area contributed by atoms with Crippen LogP contribution < -0.4 is 0 Å². The molecule has 0 saturated carbocycles. The molecule has 0 aliphatic carbocycles. The van der Waals surface area contributed by atoms with Crippen LogP contribution >= 0.6 is 0 Å². The van der Waals surface area contributed by atoms with Crippen molar-refractivity contribution in [1.82, 2.24) is 9.78 Å². The standard InChI is InChI=1S/C13H10F3N3O2S/c1-8-3-5-9(6-4-8)22(20,21)12-10(7-17)11(13(14,15)16)18-19(12)2/h3-6H,1-2H3. The summed E-state index contributed by atoms with van der Waals surface area (Å²) in [7, 11) is -3.24. The van der Waals surface area contributed by atoms with Gasteiger partial charge in [0.1, 0.15) is 11.6 Å². The molecular weight excluding hydrogens is 319 g/mol. The lowest BCUT2D eigenvalue weighted by Gasteiger charge is -2.06. The van der Waals surface area contributed by atoms with Crippen molar-refractivity contribution in [3.8, 4) is 6.07 Å². The van der Waals surface area contributed by atoms with Crippen molar-refractivity contribution in [2.45, 2.75) is 23.0 Å². The van der Waals surface area contributed by atoms with Crippen molar-refractivity contribution >= 4 is 9.84 Å². The number of hydrogen-bond donors (Lipinski definition) is 0. The maximum atomic E-state index is 12.9. The van der Waals surface area contributed by atoms with Gasteiger partial charge in [-0.2, -0.15) is 23.5 Å². The van der Waals surface area contributed by atoms with Crippen LogP contribution in [0.25, 0.3) is 0 Å². The zero-order valence-corrected chi connectivity index (χ0v) is 12.3. The fourth-order valence-corrected chi connectivity index (χ4v) is 3.46. The van der Waals surface area contributed by atoms with Crippen LogP contribution in [0.1, 0.15) is 16.8 Å². The van der Waals surface area contributed by atoms with Crippen molar-refractivity contribution in [1.29, 1.82) is 5.26 Å². The minimum Gasteiger partial charge on any atom is -0.255 e. The molecule has 0 amide bonds. The second-order valence-electron chi connectivity index (χ2n) is 4.58. The van der Waals surface area contributed by atoms with Crippen LogP contribution in [0.15, 0.2) is 34.2 Å². The molecule has 0 fully saturated rings. The predicted molar refractivity (Wildman–Crippen MR) is 69.6 cm³/mol. The molecule has 1 aromatic carbocycles. The molecule has 5 nitrogen and oxygen atoms in total. The molecule has 0 aliphatic heterocycles. The SMILES string of the molecule is Cc1ccc(S(=O)(=O)c2c(C#N)c(C(F)(F)F)nn2C)cc1. The largest absolute Gasteiger partial charge is 0.436 e. The first-order valence-corrected chi connectivity index (χ1v) is 7.43. The summed E-state index contributed by atoms with van der Waals surface area (Å²) in [4.78, 5) is -0.202. The van der Waals surface area contributed by atoms with Gasteiger partial charge in [0.2, 0.25) is 9.84 Å². The smallest absolute Gasteiger partial charge is 0.255 e. The minimum absolute atomic E-state index is 0.202. The molecule has 0 spiro atoms. The van der Waals surface area contributed by atoms with Crippen LogP contribution in [0, 0.1) is 18.3 Å². The molecule has 2 rings (SSSR count). The first-order chi connectivity index (χ1) is 10.1. The van der Waals surface area contributed by atoms with E-state index < -0.39 is 32.3 Å². The highest BCUT2D eigenvalue weighted by atomic mass is 32.2. The highest BCUT2D eigenvalue weighted by molar-refractivity contribution is 7.91. The Labute approximate surface area is 124 Å². The van der Waals surface area contributed by atoms with E-state index in [9.17, 15) is 21.6 Å². The van der Waals surface area contributed by atoms with Gasteiger partial charge in [-0.1, -0.05) is 17.7 Å². The van der Waals surface area contributed by atoms with E-state index in [1.807, 2.05) is 0 Å². The summed E-state index contributed by atoms with van der Waals surface area (Å²) in [6.07, 6.45) is -4.91. The number of aryl methyl sites for hydroxylation is 2. The van der Waals surface area contributed by atoms with Gasteiger partial charge in [-0.15, -0.1) is 0 Å².